The lowest BCUT2D eigenvalue weighted by molar-refractivity contribution is -0.385. The van der Waals surface area contributed by atoms with Gasteiger partial charge in [0.2, 0.25) is 0 Å². The van der Waals surface area contributed by atoms with Crippen molar-refractivity contribution in [3.05, 3.63) is 66.0 Å². The van der Waals surface area contributed by atoms with E-state index >= 15 is 0 Å². The number of nitro groups is 1. The van der Waals surface area contributed by atoms with Crippen molar-refractivity contribution in [2.45, 2.75) is 0 Å². The number of nitrogens with one attached hydrogen (secondary N) is 1. The van der Waals surface area contributed by atoms with Crippen molar-refractivity contribution < 1.29 is 9.72 Å². The first-order valence-corrected chi connectivity index (χ1v) is 7.55. The molecule has 0 radical (unpaired) electrons. The summed E-state index contributed by atoms with van der Waals surface area (Å²) in [5.74, 6) is -0.340. The number of amides is 1. The quantitative estimate of drug-likeness (QED) is 0.544. The minimum Gasteiger partial charge on any atom is -0.322 e. The fourth-order valence-corrected chi connectivity index (χ4v) is 2.59. The first-order valence-electron chi connectivity index (χ1n) is 5.59. The van der Waals surface area contributed by atoms with Gasteiger partial charge >= 0.3 is 0 Å². The van der Waals surface area contributed by atoms with Gasteiger partial charge in [-0.15, -0.1) is 0 Å². The summed E-state index contributed by atoms with van der Waals surface area (Å²) in [4.78, 5) is 22.3. The Morgan fingerprint density at radius 1 is 1.14 bits per heavy atom. The van der Waals surface area contributed by atoms with Crippen molar-refractivity contribution in [3.63, 3.8) is 0 Å². The maximum atomic E-state index is 12.1. The third-order valence-corrected chi connectivity index (χ3v) is 4.43. The molecular formula is C13H7Br2ClN2O3. The molecule has 5 nitrogen and oxygen atoms in total. The van der Waals surface area contributed by atoms with Crippen LogP contribution in [0.4, 0.5) is 11.4 Å². The lowest BCUT2D eigenvalue weighted by Gasteiger charge is -2.07. The number of nitro benzene ring substituents is 1. The summed E-state index contributed by atoms with van der Waals surface area (Å²) in [5.41, 5.74) is 0.798. The third-order valence-electron chi connectivity index (χ3n) is 2.58. The summed E-state index contributed by atoms with van der Waals surface area (Å²) in [7, 11) is 0. The highest BCUT2D eigenvalue weighted by Crippen LogP contribution is 2.28. The van der Waals surface area contributed by atoms with E-state index in [9.17, 15) is 14.9 Å². The second-order valence-electron chi connectivity index (χ2n) is 4.01. The van der Waals surface area contributed by atoms with E-state index in [1.807, 2.05) is 0 Å². The molecule has 1 amide bonds. The number of hydrogen-bond acceptors (Lipinski definition) is 3. The molecule has 0 spiro atoms. The summed E-state index contributed by atoms with van der Waals surface area (Å²) in [6.45, 7) is 0. The molecule has 2 aromatic rings. The SMILES string of the molecule is O=C(Nc1ccc([N+](=O)[O-])c(Br)c1)c1ccc(Cl)c(Br)c1. The second kappa shape index (κ2) is 6.55. The van der Waals surface area contributed by atoms with Crippen LogP contribution in [0.25, 0.3) is 0 Å². The number of hydrogen-bond donors (Lipinski definition) is 1. The van der Waals surface area contributed by atoms with E-state index in [1.165, 1.54) is 18.2 Å². The predicted octanol–water partition coefficient (Wildman–Crippen LogP) is 5.03. The van der Waals surface area contributed by atoms with Crippen LogP contribution < -0.4 is 5.32 Å². The lowest BCUT2D eigenvalue weighted by atomic mass is 10.2. The zero-order valence-corrected chi connectivity index (χ0v) is 14.2. The number of carbonyl (C=O) groups is 1. The number of carbonyl (C=O) groups excluding carboxylic acids is 1. The van der Waals surface area contributed by atoms with Crippen LogP contribution in [-0.4, -0.2) is 10.8 Å². The van der Waals surface area contributed by atoms with Gasteiger partial charge in [-0.2, -0.15) is 0 Å². The Morgan fingerprint density at radius 3 is 2.43 bits per heavy atom. The highest BCUT2D eigenvalue weighted by Gasteiger charge is 2.13. The summed E-state index contributed by atoms with van der Waals surface area (Å²) in [5, 5.41) is 13.9. The van der Waals surface area contributed by atoms with Crippen LogP contribution >= 0.6 is 43.5 Å². The van der Waals surface area contributed by atoms with Crippen LogP contribution in [0.5, 0.6) is 0 Å². The molecule has 0 aromatic heterocycles. The molecule has 0 bridgehead atoms. The van der Waals surface area contributed by atoms with Gasteiger partial charge in [0.1, 0.15) is 0 Å². The highest BCUT2D eigenvalue weighted by atomic mass is 79.9. The van der Waals surface area contributed by atoms with E-state index < -0.39 is 4.92 Å². The first-order chi connectivity index (χ1) is 9.88. The van der Waals surface area contributed by atoms with Crippen molar-refractivity contribution in [2.75, 3.05) is 5.32 Å². The molecule has 0 saturated carbocycles. The van der Waals surface area contributed by atoms with Gasteiger partial charge in [0.25, 0.3) is 11.6 Å². The molecule has 0 atom stereocenters. The molecule has 21 heavy (non-hydrogen) atoms. The Kier molecular flexibility index (Phi) is 4.97. The smallest absolute Gasteiger partial charge is 0.283 e. The maximum Gasteiger partial charge on any atom is 0.283 e. The zero-order valence-electron chi connectivity index (χ0n) is 10.3. The van der Waals surface area contributed by atoms with E-state index in [1.54, 1.807) is 18.2 Å². The number of anilines is 1. The standard InChI is InChI=1S/C13H7Br2ClN2O3/c14-9-5-7(1-3-11(9)16)13(19)17-8-2-4-12(18(20)21)10(15)6-8/h1-6H,(H,17,19). The van der Waals surface area contributed by atoms with E-state index in [0.717, 1.165) is 0 Å². The summed E-state index contributed by atoms with van der Waals surface area (Å²) in [6, 6.07) is 9.04. The minimum absolute atomic E-state index is 0.0674. The molecule has 1 N–H and O–H groups in total. The molecule has 0 aliphatic rings. The van der Waals surface area contributed by atoms with Gasteiger partial charge < -0.3 is 5.32 Å². The van der Waals surface area contributed by atoms with Gasteiger partial charge in [-0.3, -0.25) is 14.9 Å². The number of benzene rings is 2. The van der Waals surface area contributed by atoms with Crippen molar-refractivity contribution >= 4 is 60.7 Å². The summed E-state index contributed by atoms with van der Waals surface area (Å²) >= 11 is 12.2. The Balaban J connectivity index is 2.21. The molecule has 0 aliphatic heterocycles. The molecule has 0 saturated heterocycles. The van der Waals surface area contributed by atoms with Crippen molar-refractivity contribution in [2.24, 2.45) is 0 Å². The largest absolute Gasteiger partial charge is 0.322 e. The summed E-state index contributed by atoms with van der Waals surface area (Å²) in [6.07, 6.45) is 0. The van der Waals surface area contributed by atoms with E-state index in [-0.39, 0.29) is 11.6 Å². The molecule has 0 unspecified atom stereocenters. The van der Waals surface area contributed by atoms with Crippen molar-refractivity contribution in [1.29, 1.82) is 0 Å². The molecular weight excluding hydrogens is 427 g/mol. The van der Waals surface area contributed by atoms with Gasteiger partial charge in [0.05, 0.1) is 14.4 Å². The van der Waals surface area contributed by atoms with Gasteiger partial charge in [-0.1, -0.05) is 11.6 Å². The van der Waals surface area contributed by atoms with E-state index in [2.05, 4.69) is 37.2 Å². The fraction of sp³-hybridized carbons (Fsp3) is 0. The average molecular weight is 434 g/mol. The monoisotopic (exact) mass is 432 g/mol. The van der Waals surface area contributed by atoms with E-state index in [4.69, 9.17) is 11.6 Å². The normalized spacial score (nSPS) is 10.2. The Bertz CT molecular complexity index is 737. The van der Waals surface area contributed by atoms with Crippen LogP contribution in [-0.2, 0) is 0 Å². The third kappa shape index (κ3) is 3.81. The van der Waals surface area contributed by atoms with Crippen molar-refractivity contribution in [3.8, 4) is 0 Å². The molecule has 0 fully saturated rings. The maximum absolute atomic E-state index is 12.1. The lowest BCUT2D eigenvalue weighted by Crippen LogP contribution is -2.11. The Morgan fingerprint density at radius 2 is 1.86 bits per heavy atom. The summed E-state index contributed by atoms with van der Waals surface area (Å²) < 4.78 is 0.907. The predicted molar refractivity (Wildman–Crippen MR) is 87.9 cm³/mol. The highest BCUT2D eigenvalue weighted by molar-refractivity contribution is 9.11. The molecule has 108 valence electrons. The molecule has 0 heterocycles. The van der Waals surface area contributed by atoms with Gasteiger partial charge in [-0.05, 0) is 62.2 Å². The van der Waals surface area contributed by atoms with Crippen LogP contribution in [0.15, 0.2) is 45.3 Å². The average Bonchev–Trinajstić information content (AvgIpc) is 2.41. The zero-order chi connectivity index (χ0) is 15.6. The number of halogens is 3. The molecule has 2 aromatic carbocycles. The Hall–Kier alpha value is -1.44. The Labute approximate surface area is 141 Å². The minimum atomic E-state index is -0.508. The van der Waals surface area contributed by atoms with Gasteiger partial charge in [0.15, 0.2) is 0 Å². The van der Waals surface area contributed by atoms with Crippen LogP contribution in [0.1, 0.15) is 10.4 Å². The van der Waals surface area contributed by atoms with Crippen LogP contribution in [0, 0.1) is 10.1 Å². The van der Waals surface area contributed by atoms with Crippen LogP contribution in [0.2, 0.25) is 5.02 Å². The van der Waals surface area contributed by atoms with Crippen molar-refractivity contribution in [1.82, 2.24) is 0 Å². The van der Waals surface area contributed by atoms with Crippen LogP contribution in [0.3, 0.4) is 0 Å². The topological polar surface area (TPSA) is 72.2 Å². The van der Waals surface area contributed by atoms with Gasteiger partial charge in [-0.25, -0.2) is 0 Å². The second-order valence-corrected chi connectivity index (χ2v) is 6.12. The van der Waals surface area contributed by atoms with E-state index in [0.29, 0.717) is 25.2 Å². The molecule has 0 aliphatic carbocycles. The molecule has 8 heteroatoms. The number of nitrogens with zero attached hydrogens (tertiary/aromatic N) is 1. The molecule has 2 rings (SSSR count). The number of rotatable bonds is 3. The van der Waals surface area contributed by atoms with Gasteiger partial charge in [0, 0.05) is 21.8 Å². The fourth-order valence-electron chi connectivity index (χ4n) is 1.57. The first kappa shape index (κ1) is 15.9.